The van der Waals surface area contributed by atoms with Crippen molar-refractivity contribution in [1.29, 1.82) is 0 Å². The number of halogens is 1. The topological polar surface area (TPSA) is 33.2 Å². The van der Waals surface area contributed by atoms with Crippen LogP contribution in [0.3, 0.4) is 0 Å². The van der Waals surface area contributed by atoms with E-state index in [1.807, 2.05) is 36.9 Å². The van der Waals surface area contributed by atoms with Gasteiger partial charge in [0.05, 0.1) is 10.2 Å². The van der Waals surface area contributed by atoms with Gasteiger partial charge in [0.1, 0.15) is 0 Å². The number of carbonyl (C=O) groups is 1. The Labute approximate surface area is 113 Å². The smallest absolute Gasteiger partial charge is 0.253 e. The number of hydrogen-bond acceptors (Lipinski definition) is 3. The van der Waals surface area contributed by atoms with Gasteiger partial charge in [0, 0.05) is 18.7 Å². The van der Waals surface area contributed by atoms with Crippen molar-refractivity contribution in [3.05, 3.63) is 27.7 Å². The summed E-state index contributed by atoms with van der Waals surface area (Å²) >= 11 is 4.93. The monoisotopic (exact) mass is 312 g/mol. The minimum absolute atomic E-state index is 0.0704. The van der Waals surface area contributed by atoms with Gasteiger partial charge in [0.25, 0.3) is 5.91 Å². The van der Waals surface area contributed by atoms with Gasteiger partial charge in [-0.1, -0.05) is 0 Å². The quantitative estimate of drug-likeness (QED) is 0.868. The predicted molar refractivity (Wildman–Crippen MR) is 74.6 cm³/mol. The summed E-state index contributed by atoms with van der Waals surface area (Å²) in [4.78, 5) is 18.3. The number of amides is 1. The molecule has 0 aliphatic heterocycles. The third-order valence-corrected chi connectivity index (χ3v) is 4.15. The van der Waals surface area contributed by atoms with Gasteiger partial charge in [0.2, 0.25) is 0 Å². The first-order valence-electron chi connectivity index (χ1n) is 5.51. The van der Waals surface area contributed by atoms with Crippen molar-refractivity contribution in [2.45, 2.75) is 13.8 Å². The highest BCUT2D eigenvalue weighted by atomic mass is 79.9. The Hall–Kier alpha value is -0.940. The molecule has 0 fully saturated rings. The maximum absolute atomic E-state index is 12.1. The maximum atomic E-state index is 12.1. The summed E-state index contributed by atoms with van der Waals surface area (Å²) in [5.74, 6) is 0.0704. The van der Waals surface area contributed by atoms with Crippen LogP contribution < -0.4 is 0 Å². The van der Waals surface area contributed by atoms with Gasteiger partial charge in [-0.2, -0.15) is 0 Å². The Bertz CT molecular complexity index is 548. The average molecular weight is 313 g/mol. The number of benzene rings is 1. The molecule has 0 unspecified atom stereocenters. The molecule has 0 radical (unpaired) electrons. The van der Waals surface area contributed by atoms with Crippen LogP contribution in [0.5, 0.6) is 0 Å². The van der Waals surface area contributed by atoms with Crippen molar-refractivity contribution in [3.63, 3.8) is 0 Å². The van der Waals surface area contributed by atoms with Gasteiger partial charge in [0.15, 0.2) is 3.92 Å². The van der Waals surface area contributed by atoms with Gasteiger partial charge in [-0.15, -0.1) is 11.3 Å². The van der Waals surface area contributed by atoms with Crippen LogP contribution in [0.1, 0.15) is 24.2 Å². The second-order valence-electron chi connectivity index (χ2n) is 3.63. The van der Waals surface area contributed by atoms with Crippen LogP contribution in [0, 0.1) is 0 Å². The number of thiazole rings is 1. The lowest BCUT2D eigenvalue weighted by molar-refractivity contribution is 0.0773. The van der Waals surface area contributed by atoms with Crippen molar-refractivity contribution in [2.24, 2.45) is 0 Å². The first-order chi connectivity index (χ1) is 8.15. The van der Waals surface area contributed by atoms with Crippen molar-refractivity contribution >= 4 is 43.4 Å². The number of carbonyl (C=O) groups excluding carboxylic acids is 1. The van der Waals surface area contributed by atoms with Crippen LogP contribution in [0.15, 0.2) is 22.1 Å². The van der Waals surface area contributed by atoms with Crippen LogP contribution in [0.2, 0.25) is 0 Å². The van der Waals surface area contributed by atoms with Crippen molar-refractivity contribution in [2.75, 3.05) is 13.1 Å². The fourth-order valence-electron chi connectivity index (χ4n) is 1.73. The molecule has 1 aromatic carbocycles. The zero-order chi connectivity index (χ0) is 12.4. The Morgan fingerprint density at radius 2 is 2.12 bits per heavy atom. The van der Waals surface area contributed by atoms with Crippen molar-refractivity contribution < 1.29 is 4.79 Å². The number of aromatic nitrogens is 1. The molecule has 0 aliphatic carbocycles. The standard InChI is InChI=1S/C12H13BrN2OS/c1-3-15(4-2)11(16)8-5-6-10-9(7-8)14-12(13)17-10/h5-7H,3-4H2,1-2H3. The lowest BCUT2D eigenvalue weighted by Crippen LogP contribution is -2.30. The number of hydrogen-bond donors (Lipinski definition) is 0. The number of fused-ring (bicyclic) bond motifs is 1. The molecule has 0 aliphatic rings. The Morgan fingerprint density at radius 3 is 2.76 bits per heavy atom. The summed E-state index contributed by atoms with van der Waals surface area (Å²) in [5, 5.41) is 0. The molecule has 1 aromatic heterocycles. The van der Waals surface area contributed by atoms with E-state index in [1.54, 1.807) is 11.3 Å². The van der Waals surface area contributed by atoms with Gasteiger partial charge in [-0.25, -0.2) is 4.98 Å². The molecular formula is C12H13BrN2OS. The average Bonchev–Trinajstić information content (AvgIpc) is 2.69. The van der Waals surface area contributed by atoms with E-state index in [-0.39, 0.29) is 5.91 Å². The molecule has 17 heavy (non-hydrogen) atoms. The fraction of sp³-hybridized carbons (Fsp3) is 0.333. The second kappa shape index (κ2) is 5.14. The van der Waals surface area contributed by atoms with E-state index < -0.39 is 0 Å². The molecule has 0 saturated carbocycles. The van der Waals surface area contributed by atoms with Gasteiger partial charge >= 0.3 is 0 Å². The Balaban J connectivity index is 2.38. The van der Waals surface area contributed by atoms with Crippen molar-refractivity contribution in [3.8, 4) is 0 Å². The third kappa shape index (κ3) is 2.50. The largest absolute Gasteiger partial charge is 0.339 e. The minimum atomic E-state index is 0.0704. The van der Waals surface area contributed by atoms with E-state index >= 15 is 0 Å². The van der Waals surface area contributed by atoms with Crippen LogP contribution in [0.25, 0.3) is 10.2 Å². The fourth-order valence-corrected chi connectivity index (χ4v) is 3.11. The molecule has 3 nitrogen and oxygen atoms in total. The zero-order valence-electron chi connectivity index (χ0n) is 9.74. The predicted octanol–water partition coefficient (Wildman–Crippen LogP) is 3.54. The molecule has 0 saturated heterocycles. The molecule has 0 bridgehead atoms. The second-order valence-corrected chi connectivity index (χ2v) is 5.93. The molecule has 90 valence electrons. The first kappa shape index (κ1) is 12.5. The van der Waals surface area contributed by atoms with Gasteiger partial charge in [-0.05, 0) is 48.0 Å². The van der Waals surface area contributed by atoms with Gasteiger partial charge in [-0.3, -0.25) is 4.79 Å². The minimum Gasteiger partial charge on any atom is -0.339 e. The summed E-state index contributed by atoms with van der Waals surface area (Å²) in [5.41, 5.74) is 1.58. The highest BCUT2D eigenvalue weighted by molar-refractivity contribution is 9.11. The molecule has 2 rings (SSSR count). The molecule has 0 spiro atoms. The van der Waals surface area contributed by atoms with Crippen LogP contribution in [-0.2, 0) is 0 Å². The number of rotatable bonds is 3. The van der Waals surface area contributed by atoms with E-state index in [4.69, 9.17) is 0 Å². The molecular weight excluding hydrogens is 300 g/mol. The highest BCUT2D eigenvalue weighted by Crippen LogP contribution is 2.26. The molecule has 1 amide bonds. The van der Waals surface area contributed by atoms with Crippen molar-refractivity contribution in [1.82, 2.24) is 9.88 Å². The molecule has 5 heteroatoms. The van der Waals surface area contributed by atoms with E-state index in [0.29, 0.717) is 5.56 Å². The van der Waals surface area contributed by atoms with E-state index in [9.17, 15) is 4.79 Å². The van der Waals surface area contributed by atoms with Crippen LogP contribution >= 0.6 is 27.3 Å². The van der Waals surface area contributed by atoms with E-state index in [0.717, 1.165) is 27.2 Å². The third-order valence-electron chi connectivity index (χ3n) is 2.66. The Kier molecular flexibility index (Phi) is 3.79. The summed E-state index contributed by atoms with van der Waals surface area (Å²) in [6.07, 6.45) is 0. The molecule has 0 atom stereocenters. The van der Waals surface area contributed by atoms with E-state index in [2.05, 4.69) is 20.9 Å². The normalized spacial score (nSPS) is 10.8. The SMILES string of the molecule is CCN(CC)C(=O)c1ccc2sc(Br)nc2c1. The molecule has 0 N–H and O–H groups in total. The van der Waals surface area contributed by atoms with Crippen LogP contribution in [0.4, 0.5) is 0 Å². The van der Waals surface area contributed by atoms with E-state index in [1.165, 1.54) is 0 Å². The highest BCUT2D eigenvalue weighted by Gasteiger charge is 2.13. The first-order valence-corrected chi connectivity index (χ1v) is 7.12. The van der Waals surface area contributed by atoms with Crippen LogP contribution in [-0.4, -0.2) is 28.9 Å². The Morgan fingerprint density at radius 1 is 1.41 bits per heavy atom. The lowest BCUT2D eigenvalue weighted by atomic mass is 10.2. The number of nitrogens with zero attached hydrogens (tertiary/aromatic N) is 2. The lowest BCUT2D eigenvalue weighted by Gasteiger charge is -2.18. The summed E-state index contributed by atoms with van der Waals surface area (Å²) in [7, 11) is 0. The summed E-state index contributed by atoms with van der Waals surface area (Å²) < 4.78 is 1.94. The maximum Gasteiger partial charge on any atom is 0.253 e. The molecule has 2 aromatic rings. The zero-order valence-corrected chi connectivity index (χ0v) is 12.1. The molecule has 1 heterocycles. The van der Waals surface area contributed by atoms with Gasteiger partial charge < -0.3 is 4.90 Å². The summed E-state index contributed by atoms with van der Waals surface area (Å²) in [6.45, 7) is 5.43. The summed E-state index contributed by atoms with van der Waals surface area (Å²) in [6, 6.07) is 5.68.